The van der Waals surface area contributed by atoms with Crippen LogP contribution in [0.1, 0.15) is 32.6 Å². The highest BCUT2D eigenvalue weighted by Crippen LogP contribution is 2.33. The van der Waals surface area contributed by atoms with Crippen LogP contribution in [0.5, 0.6) is 5.75 Å². The Morgan fingerprint density at radius 1 is 1.16 bits per heavy atom. The van der Waals surface area contributed by atoms with Gasteiger partial charge in [0.2, 0.25) is 5.91 Å². The molecule has 2 aromatic carbocycles. The molecule has 6 nitrogen and oxygen atoms in total. The fourth-order valence-corrected chi connectivity index (χ4v) is 4.82. The van der Waals surface area contributed by atoms with Crippen molar-refractivity contribution in [3.63, 3.8) is 0 Å². The SMILES string of the molecule is COc1ccc(-n2c(SC(C)C(=O)NC3CCCC3)nnc2-c2ccccc2Cl)cc1. The number of hydrogen-bond acceptors (Lipinski definition) is 5. The molecule has 1 unspecified atom stereocenters. The molecule has 4 rings (SSSR count). The summed E-state index contributed by atoms with van der Waals surface area (Å²) in [6, 6.07) is 15.5. The van der Waals surface area contributed by atoms with Crippen LogP contribution in [0.2, 0.25) is 5.02 Å². The van der Waals surface area contributed by atoms with E-state index in [1.165, 1.54) is 24.6 Å². The molecule has 1 saturated carbocycles. The average Bonchev–Trinajstić information content (AvgIpc) is 3.44. The summed E-state index contributed by atoms with van der Waals surface area (Å²) in [4.78, 5) is 12.7. The zero-order valence-electron chi connectivity index (χ0n) is 17.5. The molecule has 1 N–H and O–H groups in total. The minimum Gasteiger partial charge on any atom is -0.497 e. The number of benzene rings is 2. The minimum absolute atomic E-state index is 0.0282. The van der Waals surface area contributed by atoms with Crippen LogP contribution in [-0.2, 0) is 4.79 Å². The zero-order valence-corrected chi connectivity index (χ0v) is 19.1. The molecule has 1 atom stereocenters. The van der Waals surface area contributed by atoms with E-state index in [1.54, 1.807) is 7.11 Å². The highest BCUT2D eigenvalue weighted by Gasteiger charge is 2.25. The van der Waals surface area contributed by atoms with E-state index in [0.29, 0.717) is 16.0 Å². The molecule has 1 aromatic heterocycles. The van der Waals surface area contributed by atoms with Crippen molar-refractivity contribution in [2.75, 3.05) is 7.11 Å². The third-order valence-electron chi connectivity index (χ3n) is 5.43. The number of nitrogens with zero attached hydrogens (tertiary/aromatic N) is 3. The lowest BCUT2D eigenvalue weighted by Gasteiger charge is -2.17. The van der Waals surface area contributed by atoms with Crippen molar-refractivity contribution in [1.29, 1.82) is 0 Å². The first kappa shape index (κ1) is 21.7. The van der Waals surface area contributed by atoms with Gasteiger partial charge in [-0.3, -0.25) is 9.36 Å². The topological polar surface area (TPSA) is 69.0 Å². The van der Waals surface area contributed by atoms with Crippen LogP contribution < -0.4 is 10.1 Å². The maximum atomic E-state index is 12.7. The van der Waals surface area contributed by atoms with E-state index in [0.717, 1.165) is 29.8 Å². The highest BCUT2D eigenvalue weighted by molar-refractivity contribution is 8.00. The average molecular weight is 457 g/mol. The highest BCUT2D eigenvalue weighted by atomic mass is 35.5. The van der Waals surface area contributed by atoms with E-state index in [-0.39, 0.29) is 17.2 Å². The van der Waals surface area contributed by atoms with Crippen molar-refractivity contribution in [3.05, 3.63) is 53.6 Å². The maximum absolute atomic E-state index is 12.7. The van der Waals surface area contributed by atoms with Crippen LogP contribution in [0.25, 0.3) is 17.1 Å². The first-order valence-corrected chi connectivity index (χ1v) is 11.6. The van der Waals surface area contributed by atoms with Crippen LogP contribution in [-0.4, -0.2) is 39.1 Å². The van der Waals surface area contributed by atoms with Gasteiger partial charge in [0.25, 0.3) is 0 Å². The molecule has 1 aliphatic carbocycles. The first-order valence-electron chi connectivity index (χ1n) is 10.4. The monoisotopic (exact) mass is 456 g/mol. The lowest BCUT2D eigenvalue weighted by Crippen LogP contribution is -2.37. The van der Waals surface area contributed by atoms with E-state index < -0.39 is 0 Å². The summed E-state index contributed by atoms with van der Waals surface area (Å²) in [6.45, 7) is 1.90. The molecule has 8 heteroatoms. The predicted molar refractivity (Wildman–Crippen MR) is 124 cm³/mol. The normalized spacial score (nSPS) is 15.1. The molecular formula is C23H25ClN4O2S. The van der Waals surface area contributed by atoms with Crippen molar-refractivity contribution >= 4 is 29.3 Å². The van der Waals surface area contributed by atoms with Crippen molar-refractivity contribution < 1.29 is 9.53 Å². The summed E-state index contributed by atoms with van der Waals surface area (Å²) in [7, 11) is 1.63. The van der Waals surface area contributed by atoms with Crippen LogP contribution in [0.15, 0.2) is 53.7 Å². The van der Waals surface area contributed by atoms with Gasteiger partial charge in [0.1, 0.15) is 5.75 Å². The standard InChI is InChI=1S/C23H25ClN4O2S/c1-15(22(29)25-16-7-3-4-8-16)31-23-27-26-21(19-9-5-6-10-20(19)24)28(23)17-11-13-18(30-2)14-12-17/h5-6,9-16H,3-4,7-8H2,1-2H3,(H,25,29). The molecule has 0 saturated heterocycles. The second-order valence-electron chi connectivity index (χ2n) is 7.57. The van der Waals surface area contributed by atoms with Gasteiger partial charge in [-0.2, -0.15) is 0 Å². The predicted octanol–water partition coefficient (Wildman–Crippen LogP) is 5.14. The number of nitrogens with one attached hydrogen (secondary N) is 1. The summed E-state index contributed by atoms with van der Waals surface area (Å²) in [5, 5.41) is 12.9. The molecule has 3 aromatic rings. The van der Waals surface area contributed by atoms with Gasteiger partial charge in [0, 0.05) is 17.3 Å². The Hall–Kier alpha value is -2.51. The molecule has 0 radical (unpaired) electrons. The second-order valence-corrected chi connectivity index (χ2v) is 9.28. The van der Waals surface area contributed by atoms with Crippen molar-refractivity contribution in [1.82, 2.24) is 20.1 Å². The van der Waals surface area contributed by atoms with Crippen LogP contribution in [0.3, 0.4) is 0 Å². The van der Waals surface area contributed by atoms with Gasteiger partial charge in [-0.1, -0.05) is 48.3 Å². The number of amides is 1. The Labute approximate surface area is 191 Å². The Morgan fingerprint density at radius 3 is 2.55 bits per heavy atom. The maximum Gasteiger partial charge on any atom is 0.233 e. The molecular weight excluding hydrogens is 432 g/mol. The second kappa shape index (κ2) is 9.75. The number of hydrogen-bond donors (Lipinski definition) is 1. The largest absolute Gasteiger partial charge is 0.497 e. The molecule has 1 heterocycles. The first-order chi connectivity index (χ1) is 15.1. The molecule has 1 fully saturated rings. The Balaban J connectivity index is 1.66. The molecule has 0 aliphatic heterocycles. The third kappa shape index (κ3) is 4.88. The fraction of sp³-hybridized carbons (Fsp3) is 0.348. The van der Waals surface area contributed by atoms with Gasteiger partial charge in [-0.15, -0.1) is 10.2 Å². The van der Waals surface area contributed by atoms with E-state index in [4.69, 9.17) is 16.3 Å². The summed E-state index contributed by atoms with van der Waals surface area (Å²) < 4.78 is 7.23. The molecule has 1 aliphatic rings. The van der Waals surface area contributed by atoms with Gasteiger partial charge < -0.3 is 10.1 Å². The summed E-state index contributed by atoms with van der Waals surface area (Å²) in [5.41, 5.74) is 1.65. The lowest BCUT2D eigenvalue weighted by molar-refractivity contribution is -0.120. The van der Waals surface area contributed by atoms with E-state index in [9.17, 15) is 4.79 Å². The Kier molecular flexibility index (Phi) is 6.83. The molecule has 0 bridgehead atoms. The summed E-state index contributed by atoms with van der Waals surface area (Å²) in [6.07, 6.45) is 4.47. The molecule has 1 amide bonds. The van der Waals surface area contributed by atoms with Gasteiger partial charge in [-0.25, -0.2) is 0 Å². The Bertz CT molecular complexity index is 1050. The van der Waals surface area contributed by atoms with Gasteiger partial charge in [0.05, 0.1) is 17.4 Å². The summed E-state index contributed by atoms with van der Waals surface area (Å²) in [5.74, 6) is 1.41. The fourth-order valence-electron chi connectivity index (χ4n) is 3.73. The van der Waals surface area contributed by atoms with E-state index >= 15 is 0 Å². The number of rotatable bonds is 7. The number of methoxy groups -OCH3 is 1. The minimum atomic E-state index is -0.305. The van der Waals surface area contributed by atoms with Crippen molar-refractivity contribution in [2.24, 2.45) is 0 Å². The number of ether oxygens (including phenoxy) is 1. The number of carbonyl (C=O) groups is 1. The van der Waals surface area contributed by atoms with E-state index in [2.05, 4.69) is 15.5 Å². The van der Waals surface area contributed by atoms with Crippen LogP contribution in [0, 0.1) is 0 Å². The Morgan fingerprint density at radius 2 is 1.87 bits per heavy atom. The number of carbonyl (C=O) groups excluding carboxylic acids is 1. The number of halogens is 1. The van der Waals surface area contributed by atoms with Gasteiger partial charge in [0.15, 0.2) is 11.0 Å². The third-order valence-corrected chi connectivity index (χ3v) is 6.80. The van der Waals surface area contributed by atoms with E-state index in [1.807, 2.05) is 60.0 Å². The molecule has 31 heavy (non-hydrogen) atoms. The number of thioether (sulfide) groups is 1. The van der Waals surface area contributed by atoms with Crippen molar-refractivity contribution in [2.45, 2.75) is 49.1 Å². The van der Waals surface area contributed by atoms with Crippen molar-refractivity contribution in [3.8, 4) is 22.8 Å². The van der Waals surface area contributed by atoms with Gasteiger partial charge in [-0.05, 0) is 56.2 Å². The quantitative estimate of drug-likeness (QED) is 0.499. The van der Waals surface area contributed by atoms with Gasteiger partial charge >= 0.3 is 0 Å². The molecule has 0 spiro atoms. The smallest absolute Gasteiger partial charge is 0.233 e. The zero-order chi connectivity index (χ0) is 21.8. The lowest BCUT2D eigenvalue weighted by atomic mass is 10.2. The van der Waals surface area contributed by atoms with Crippen LogP contribution in [0.4, 0.5) is 0 Å². The van der Waals surface area contributed by atoms with Crippen LogP contribution >= 0.6 is 23.4 Å². The summed E-state index contributed by atoms with van der Waals surface area (Å²) >= 11 is 7.85. The molecule has 162 valence electrons. The number of aromatic nitrogens is 3.